The summed E-state index contributed by atoms with van der Waals surface area (Å²) >= 11 is 0. The van der Waals surface area contributed by atoms with Gasteiger partial charge in [0.25, 0.3) is 6.08 Å². The zero-order valence-electron chi connectivity index (χ0n) is 14.0. The molecule has 128 valence electrons. The topological polar surface area (TPSA) is 0 Å². The SMILES string of the molecule is CCCC1CCC(c2ccc3c(F)c(C=C(F)F)ccc3c2)CC1. The van der Waals surface area contributed by atoms with Gasteiger partial charge in [0.1, 0.15) is 5.82 Å². The summed E-state index contributed by atoms with van der Waals surface area (Å²) in [6.07, 6.45) is 6.18. The lowest BCUT2D eigenvalue weighted by Crippen LogP contribution is -2.13. The van der Waals surface area contributed by atoms with E-state index in [4.69, 9.17) is 0 Å². The van der Waals surface area contributed by atoms with Crippen LogP contribution in [0.5, 0.6) is 0 Å². The second kappa shape index (κ2) is 7.42. The largest absolute Gasteiger partial charge is 0.271 e. The first-order valence-electron chi connectivity index (χ1n) is 8.83. The second-order valence-electron chi connectivity index (χ2n) is 6.89. The maximum atomic E-state index is 14.4. The third kappa shape index (κ3) is 3.66. The van der Waals surface area contributed by atoms with Gasteiger partial charge in [0, 0.05) is 17.0 Å². The monoisotopic (exact) mass is 332 g/mol. The molecular formula is C21H23F3. The van der Waals surface area contributed by atoms with Crippen molar-refractivity contribution < 1.29 is 13.2 Å². The molecule has 0 radical (unpaired) electrons. The molecule has 0 bridgehead atoms. The molecule has 0 aliphatic heterocycles. The fraction of sp³-hybridized carbons (Fsp3) is 0.429. The van der Waals surface area contributed by atoms with E-state index in [2.05, 4.69) is 6.92 Å². The Morgan fingerprint density at radius 3 is 2.50 bits per heavy atom. The summed E-state index contributed by atoms with van der Waals surface area (Å²) < 4.78 is 39.1. The molecule has 1 aliphatic carbocycles. The summed E-state index contributed by atoms with van der Waals surface area (Å²) in [5.41, 5.74) is 1.19. The maximum absolute atomic E-state index is 14.4. The molecular weight excluding hydrogens is 309 g/mol. The molecule has 24 heavy (non-hydrogen) atoms. The van der Waals surface area contributed by atoms with Crippen molar-refractivity contribution in [2.75, 3.05) is 0 Å². The van der Waals surface area contributed by atoms with Gasteiger partial charge in [-0.05, 0) is 48.5 Å². The lowest BCUT2D eigenvalue weighted by molar-refractivity contribution is 0.308. The van der Waals surface area contributed by atoms with E-state index in [1.165, 1.54) is 50.2 Å². The molecule has 1 saturated carbocycles. The maximum Gasteiger partial charge on any atom is 0.271 e. The lowest BCUT2D eigenvalue weighted by Gasteiger charge is -2.28. The van der Waals surface area contributed by atoms with E-state index >= 15 is 0 Å². The van der Waals surface area contributed by atoms with Gasteiger partial charge in [-0.3, -0.25) is 0 Å². The van der Waals surface area contributed by atoms with Crippen molar-refractivity contribution in [2.45, 2.75) is 51.4 Å². The number of fused-ring (bicyclic) bond motifs is 1. The first-order chi connectivity index (χ1) is 11.6. The highest BCUT2D eigenvalue weighted by Crippen LogP contribution is 2.38. The van der Waals surface area contributed by atoms with Gasteiger partial charge in [-0.15, -0.1) is 0 Å². The minimum absolute atomic E-state index is 0.0599. The zero-order chi connectivity index (χ0) is 17.1. The fourth-order valence-electron chi connectivity index (χ4n) is 4.00. The van der Waals surface area contributed by atoms with Gasteiger partial charge < -0.3 is 0 Å². The highest BCUT2D eigenvalue weighted by molar-refractivity contribution is 5.86. The van der Waals surface area contributed by atoms with Crippen molar-refractivity contribution in [3.05, 3.63) is 53.4 Å². The van der Waals surface area contributed by atoms with Gasteiger partial charge in [-0.1, -0.05) is 50.1 Å². The molecule has 0 N–H and O–H groups in total. The number of hydrogen-bond acceptors (Lipinski definition) is 0. The molecule has 0 unspecified atom stereocenters. The van der Waals surface area contributed by atoms with Crippen LogP contribution < -0.4 is 0 Å². The second-order valence-corrected chi connectivity index (χ2v) is 6.89. The summed E-state index contributed by atoms with van der Waals surface area (Å²) in [5, 5.41) is 1.20. The first-order valence-corrected chi connectivity index (χ1v) is 8.83. The Kier molecular flexibility index (Phi) is 5.27. The third-order valence-electron chi connectivity index (χ3n) is 5.29. The van der Waals surface area contributed by atoms with Crippen molar-refractivity contribution in [1.29, 1.82) is 0 Å². The normalized spacial score (nSPS) is 21.0. The summed E-state index contributed by atoms with van der Waals surface area (Å²) in [5.74, 6) is 0.820. The lowest BCUT2D eigenvalue weighted by atomic mass is 9.77. The number of rotatable bonds is 4. The Hall–Kier alpha value is -1.77. The molecule has 0 saturated heterocycles. The van der Waals surface area contributed by atoms with Gasteiger partial charge >= 0.3 is 0 Å². The molecule has 0 heterocycles. The van der Waals surface area contributed by atoms with Crippen molar-refractivity contribution >= 4 is 16.8 Å². The van der Waals surface area contributed by atoms with Gasteiger partial charge in [0.2, 0.25) is 0 Å². The molecule has 0 nitrogen and oxygen atoms in total. The predicted molar refractivity (Wildman–Crippen MR) is 93.7 cm³/mol. The molecule has 1 aliphatic rings. The Balaban J connectivity index is 1.84. The van der Waals surface area contributed by atoms with Crippen LogP contribution in [0.25, 0.3) is 16.8 Å². The Labute approximate surface area is 141 Å². The van der Waals surface area contributed by atoms with Crippen LogP contribution in [-0.2, 0) is 0 Å². The molecule has 1 fully saturated rings. The van der Waals surface area contributed by atoms with E-state index in [0.717, 1.165) is 11.3 Å². The van der Waals surface area contributed by atoms with Crippen LogP contribution >= 0.6 is 0 Å². The molecule has 0 amide bonds. The van der Waals surface area contributed by atoms with Crippen molar-refractivity contribution in [1.82, 2.24) is 0 Å². The smallest absolute Gasteiger partial charge is 0.206 e. The number of halogens is 3. The minimum Gasteiger partial charge on any atom is -0.206 e. The Morgan fingerprint density at radius 2 is 1.83 bits per heavy atom. The van der Waals surface area contributed by atoms with Crippen LogP contribution in [0.3, 0.4) is 0 Å². The summed E-state index contributed by atoms with van der Waals surface area (Å²) in [4.78, 5) is 0. The van der Waals surface area contributed by atoms with E-state index in [1.54, 1.807) is 12.1 Å². The van der Waals surface area contributed by atoms with E-state index in [-0.39, 0.29) is 5.56 Å². The minimum atomic E-state index is -1.88. The zero-order valence-corrected chi connectivity index (χ0v) is 14.0. The fourth-order valence-corrected chi connectivity index (χ4v) is 4.00. The third-order valence-corrected chi connectivity index (χ3v) is 5.29. The van der Waals surface area contributed by atoms with Crippen molar-refractivity contribution in [3.63, 3.8) is 0 Å². The van der Waals surface area contributed by atoms with Crippen LogP contribution in [-0.4, -0.2) is 0 Å². The van der Waals surface area contributed by atoms with Crippen LogP contribution in [0, 0.1) is 11.7 Å². The van der Waals surface area contributed by atoms with Crippen LogP contribution in [0.15, 0.2) is 36.4 Å². The van der Waals surface area contributed by atoms with Gasteiger partial charge in [-0.2, -0.15) is 8.78 Å². The average Bonchev–Trinajstić information content (AvgIpc) is 2.58. The number of benzene rings is 2. The summed E-state index contributed by atoms with van der Waals surface area (Å²) in [7, 11) is 0. The van der Waals surface area contributed by atoms with Crippen LogP contribution in [0.1, 0.15) is 62.5 Å². The summed E-state index contributed by atoms with van der Waals surface area (Å²) in [6.45, 7) is 2.24. The molecule has 0 aromatic heterocycles. The first kappa shape index (κ1) is 17.1. The molecule has 2 aromatic rings. The van der Waals surface area contributed by atoms with Crippen LogP contribution in [0.2, 0.25) is 0 Å². The molecule has 3 rings (SSSR count). The molecule has 3 heteroatoms. The highest BCUT2D eigenvalue weighted by atomic mass is 19.3. The highest BCUT2D eigenvalue weighted by Gasteiger charge is 2.22. The molecule has 2 aromatic carbocycles. The molecule has 0 spiro atoms. The Morgan fingerprint density at radius 1 is 1.08 bits per heavy atom. The van der Waals surface area contributed by atoms with E-state index in [0.29, 0.717) is 17.4 Å². The average molecular weight is 332 g/mol. The Bertz CT molecular complexity index is 736. The van der Waals surface area contributed by atoms with Crippen molar-refractivity contribution in [2.24, 2.45) is 5.92 Å². The molecule has 0 atom stereocenters. The van der Waals surface area contributed by atoms with E-state index in [9.17, 15) is 13.2 Å². The quantitative estimate of drug-likeness (QED) is 0.551. The van der Waals surface area contributed by atoms with Crippen LogP contribution in [0.4, 0.5) is 13.2 Å². The van der Waals surface area contributed by atoms with Gasteiger partial charge in [0.15, 0.2) is 0 Å². The van der Waals surface area contributed by atoms with E-state index in [1.807, 2.05) is 12.1 Å². The van der Waals surface area contributed by atoms with Gasteiger partial charge in [-0.25, -0.2) is 4.39 Å². The van der Waals surface area contributed by atoms with Crippen molar-refractivity contribution in [3.8, 4) is 0 Å². The number of hydrogen-bond donors (Lipinski definition) is 0. The van der Waals surface area contributed by atoms with Gasteiger partial charge in [0.05, 0.1) is 0 Å². The standard InChI is InChI=1S/C21H23F3/c1-2-3-14-4-6-15(7-5-14)16-10-11-19-17(12-16)8-9-18(21(19)24)13-20(22)23/h8-15H,2-7H2,1H3. The summed E-state index contributed by atoms with van der Waals surface area (Å²) in [6, 6.07) is 8.90. The van der Waals surface area contributed by atoms with E-state index < -0.39 is 11.9 Å². The predicted octanol–water partition coefficient (Wildman–Crippen LogP) is 7.29.